The summed E-state index contributed by atoms with van der Waals surface area (Å²) in [7, 11) is 1.43. The summed E-state index contributed by atoms with van der Waals surface area (Å²) in [5.41, 5.74) is 2.45. The molecule has 0 radical (unpaired) electrons. The molecule has 13 heteroatoms. The lowest BCUT2D eigenvalue weighted by Crippen LogP contribution is -2.51. The van der Waals surface area contributed by atoms with Crippen molar-refractivity contribution in [3.05, 3.63) is 58.3 Å². The molecule has 2 fully saturated rings. The Morgan fingerprint density at radius 1 is 0.977 bits per heavy atom. The summed E-state index contributed by atoms with van der Waals surface area (Å²) in [5.74, 6) is 1.25. The Hall–Kier alpha value is -3.51. The van der Waals surface area contributed by atoms with Gasteiger partial charge in [0.2, 0.25) is 11.8 Å². The number of hydrogen-bond donors (Lipinski definition) is 1. The quantitative estimate of drug-likeness (QED) is 0.335. The van der Waals surface area contributed by atoms with Crippen LogP contribution in [0.15, 0.2) is 42.7 Å². The van der Waals surface area contributed by atoms with Gasteiger partial charge in [0.25, 0.3) is 5.91 Å². The number of aliphatic hydroxyl groups is 1. The third-order valence-electron chi connectivity index (χ3n) is 7.88. The first-order chi connectivity index (χ1) is 21.2. The number of halogens is 2. The summed E-state index contributed by atoms with van der Waals surface area (Å²) in [6.07, 6.45) is 4.50. The number of rotatable bonds is 9. The molecule has 1 aromatic carbocycles. The number of piperazine rings is 1. The molecule has 11 nitrogen and oxygen atoms in total. The standard InChI is InChI=1S/C31H36Cl2N6O5/c1-20(40)30(42)38-7-9-39(10-8-38)31-34-17-26(18-35-31)44-28-12-22(11-27(36-28)23-14-24(32)16-25(33)15-23)19-37-5-3-21(4-6-37)13-29(41)43-2/h11-12,14-18,20-21,40H,3-10,13,19H2,1-2H3. The smallest absolute Gasteiger partial charge is 0.305 e. The van der Waals surface area contributed by atoms with Gasteiger partial charge in [-0.3, -0.25) is 14.5 Å². The molecule has 2 aliphatic heterocycles. The van der Waals surface area contributed by atoms with Crippen molar-refractivity contribution in [3.8, 4) is 22.9 Å². The number of nitrogens with zero attached hydrogens (tertiary/aromatic N) is 6. The van der Waals surface area contributed by atoms with Crippen LogP contribution in [-0.2, 0) is 20.9 Å². The van der Waals surface area contributed by atoms with Gasteiger partial charge in [-0.05, 0) is 68.6 Å². The maximum Gasteiger partial charge on any atom is 0.305 e. The summed E-state index contributed by atoms with van der Waals surface area (Å²) < 4.78 is 11.0. The van der Waals surface area contributed by atoms with E-state index in [1.807, 2.05) is 29.2 Å². The van der Waals surface area contributed by atoms with Gasteiger partial charge in [0.05, 0.1) is 25.2 Å². The Kier molecular flexibility index (Phi) is 10.5. The highest BCUT2D eigenvalue weighted by molar-refractivity contribution is 6.35. The van der Waals surface area contributed by atoms with E-state index in [1.165, 1.54) is 14.0 Å². The second-order valence-electron chi connectivity index (χ2n) is 11.2. The molecule has 44 heavy (non-hydrogen) atoms. The van der Waals surface area contributed by atoms with Gasteiger partial charge in [0.15, 0.2) is 5.75 Å². The van der Waals surface area contributed by atoms with Crippen molar-refractivity contribution in [2.75, 3.05) is 51.3 Å². The van der Waals surface area contributed by atoms with Crippen LogP contribution in [0.4, 0.5) is 5.95 Å². The summed E-state index contributed by atoms with van der Waals surface area (Å²) in [6.45, 7) is 6.00. The van der Waals surface area contributed by atoms with Crippen LogP contribution in [-0.4, -0.2) is 94.2 Å². The number of piperidine rings is 1. The maximum absolute atomic E-state index is 12.1. The number of aliphatic hydroxyl groups excluding tert-OH is 1. The average molecular weight is 644 g/mol. The fraction of sp³-hybridized carbons (Fsp3) is 0.452. The van der Waals surface area contributed by atoms with Gasteiger partial charge in [-0.25, -0.2) is 15.0 Å². The minimum absolute atomic E-state index is 0.159. The topological polar surface area (TPSA) is 121 Å². The van der Waals surface area contributed by atoms with E-state index in [-0.39, 0.29) is 11.9 Å². The van der Waals surface area contributed by atoms with Crippen LogP contribution < -0.4 is 9.64 Å². The molecule has 1 N–H and O–H groups in total. The molecule has 1 unspecified atom stereocenters. The van der Waals surface area contributed by atoms with Crippen LogP contribution in [0.1, 0.15) is 31.7 Å². The molecule has 5 rings (SSSR count). The van der Waals surface area contributed by atoms with E-state index in [9.17, 15) is 14.7 Å². The van der Waals surface area contributed by atoms with E-state index in [1.54, 1.807) is 23.4 Å². The number of esters is 1. The highest BCUT2D eigenvalue weighted by Gasteiger charge is 2.25. The van der Waals surface area contributed by atoms with Gasteiger partial charge in [-0.1, -0.05) is 23.2 Å². The van der Waals surface area contributed by atoms with Gasteiger partial charge < -0.3 is 24.4 Å². The molecule has 4 heterocycles. The fourth-order valence-electron chi connectivity index (χ4n) is 5.52. The van der Waals surface area contributed by atoms with E-state index in [0.717, 1.165) is 37.1 Å². The first kappa shape index (κ1) is 31.9. The minimum atomic E-state index is -1.01. The molecule has 1 amide bonds. The van der Waals surface area contributed by atoms with Crippen LogP contribution in [0.5, 0.6) is 11.6 Å². The van der Waals surface area contributed by atoms with Crippen molar-refractivity contribution >= 4 is 41.0 Å². The number of likely N-dealkylation sites (tertiary alicyclic amines) is 1. The zero-order valence-corrected chi connectivity index (χ0v) is 26.3. The number of methoxy groups -OCH3 is 1. The highest BCUT2D eigenvalue weighted by atomic mass is 35.5. The number of hydrogen-bond acceptors (Lipinski definition) is 10. The largest absolute Gasteiger partial charge is 0.469 e. The van der Waals surface area contributed by atoms with E-state index in [0.29, 0.717) is 78.4 Å². The summed E-state index contributed by atoms with van der Waals surface area (Å²) >= 11 is 12.6. The minimum Gasteiger partial charge on any atom is -0.469 e. The van der Waals surface area contributed by atoms with Crippen molar-refractivity contribution in [1.29, 1.82) is 0 Å². The Morgan fingerprint density at radius 2 is 1.64 bits per heavy atom. The van der Waals surface area contributed by atoms with Gasteiger partial charge >= 0.3 is 5.97 Å². The van der Waals surface area contributed by atoms with E-state index in [4.69, 9.17) is 37.7 Å². The number of pyridine rings is 1. The highest BCUT2D eigenvalue weighted by Crippen LogP contribution is 2.31. The van der Waals surface area contributed by atoms with Crippen LogP contribution in [0, 0.1) is 5.92 Å². The monoisotopic (exact) mass is 642 g/mol. The molecular weight excluding hydrogens is 607 g/mol. The van der Waals surface area contributed by atoms with Crippen molar-refractivity contribution < 1.29 is 24.2 Å². The molecule has 0 saturated carbocycles. The second kappa shape index (κ2) is 14.5. The van der Waals surface area contributed by atoms with Crippen LogP contribution >= 0.6 is 23.2 Å². The van der Waals surface area contributed by atoms with Gasteiger partial charge in [-0.15, -0.1) is 0 Å². The first-order valence-electron chi connectivity index (χ1n) is 14.6. The second-order valence-corrected chi connectivity index (χ2v) is 12.0. The molecule has 0 aliphatic carbocycles. The first-order valence-corrected chi connectivity index (χ1v) is 15.4. The number of benzene rings is 1. The zero-order valence-electron chi connectivity index (χ0n) is 24.8. The zero-order chi connectivity index (χ0) is 31.2. The molecule has 0 spiro atoms. The van der Waals surface area contributed by atoms with Crippen LogP contribution in [0.2, 0.25) is 10.0 Å². The van der Waals surface area contributed by atoms with Crippen LogP contribution in [0.25, 0.3) is 11.3 Å². The lowest BCUT2D eigenvalue weighted by atomic mass is 9.93. The van der Waals surface area contributed by atoms with Gasteiger partial charge in [0, 0.05) is 60.8 Å². The van der Waals surface area contributed by atoms with E-state index in [2.05, 4.69) is 14.9 Å². The number of anilines is 1. The molecule has 3 aromatic rings. The van der Waals surface area contributed by atoms with E-state index < -0.39 is 6.10 Å². The third kappa shape index (κ3) is 8.35. The van der Waals surface area contributed by atoms with Crippen molar-refractivity contribution in [3.63, 3.8) is 0 Å². The number of carbonyl (C=O) groups is 2. The van der Waals surface area contributed by atoms with Gasteiger partial charge in [-0.2, -0.15) is 0 Å². The Balaban J connectivity index is 1.29. The summed E-state index contributed by atoms with van der Waals surface area (Å²) in [6, 6.07) is 9.22. The number of amides is 1. The Bertz CT molecular complexity index is 1440. The van der Waals surface area contributed by atoms with Crippen molar-refractivity contribution in [1.82, 2.24) is 24.8 Å². The SMILES string of the molecule is COC(=O)CC1CCN(Cc2cc(Oc3cnc(N4CCN(C(=O)C(C)O)CC4)nc3)nc(-c3cc(Cl)cc(Cl)c3)c2)CC1. The molecular formula is C31H36Cl2N6O5. The lowest BCUT2D eigenvalue weighted by molar-refractivity contribution is -0.142. The van der Waals surface area contributed by atoms with Crippen LogP contribution in [0.3, 0.4) is 0 Å². The Morgan fingerprint density at radius 3 is 2.25 bits per heavy atom. The fourth-order valence-corrected chi connectivity index (χ4v) is 6.04. The predicted molar refractivity (Wildman–Crippen MR) is 167 cm³/mol. The summed E-state index contributed by atoms with van der Waals surface area (Å²) in [5, 5.41) is 10.6. The number of aromatic nitrogens is 3. The van der Waals surface area contributed by atoms with Gasteiger partial charge in [0.1, 0.15) is 6.10 Å². The average Bonchev–Trinajstić information content (AvgIpc) is 3.01. The Labute approximate surface area is 266 Å². The summed E-state index contributed by atoms with van der Waals surface area (Å²) in [4.78, 5) is 43.5. The third-order valence-corrected chi connectivity index (χ3v) is 8.32. The molecule has 0 bridgehead atoms. The lowest BCUT2D eigenvalue weighted by Gasteiger charge is -2.35. The molecule has 2 aliphatic rings. The maximum atomic E-state index is 12.1. The molecule has 2 aromatic heterocycles. The number of carbonyl (C=O) groups excluding carboxylic acids is 2. The predicted octanol–water partition coefficient (Wildman–Crippen LogP) is 4.44. The normalized spacial score (nSPS) is 16.9. The molecule has 2 saturated heterocycles. The molecule has 234 valence electrons. The number of ether oxygens (including phenoxy) is 2. The van der Waals surface area contributed by atoms with Crippen molar-refractivity contribution in [2.45, 2.75) is 38.8 Å². The van der Waals surface area contributed by atoms with E-state index >= 15 is 0 Å². The molecule has 1 atom stereocenters. The van der Waals surface area contributed by atoms with Crippen molar-refractivity contribution in [2.24, 2.45) is 5.92 Å².